The van der Waals surface area contributed by atoms with E-state index in [9.17, 15) is 0 Å². The first-order chi connectivity index (χ1) is 16.9. The van der Waals surface area contributed by atoms with E-state index in [4.69, 9.17) is 39.6 Å². The van der Waals surface area contributed by atoms with Crippen LogP contribution in [0.5, 0.6) is 0 Å². The standard InChI is InChI=1S/C20H12.4CHClO2/c1-5-13-6-2-11-17-18-12-4-8-14-7-3-10-16(20(14)18)15(9-1)19(13)17;4*2-1(3)4/h1-12H;4*(H,3,4). The Kier molecular flexibility index (Phi) is 12.5. The number of benzene rings is 5. The monoisotopic (exact) mass is 572 g/mol. The molecule has 5 aromatic carbocycles. The second-order valence-corrected chi connectivity index (χ2v) is 7.72. The van der Waals surface area contributed by atoms with Gasteiger partial charge in [-0.25, -0.2) is 19.2 Å². The highest BCUT2D eigenvalue weighted by atomic mass is 35.5. The molecule has 0 amide bonds. The normalized spacial score (nSPS) is 9.44. The van der Waals surface area contributed by atoms with Gasteiger partial charge in [-0.1, -0.05) is 72.8 Å². The third-order valence-corrected chi connectivity index (χ3v) is 4.39. The molecule has 188 valence electrons. The summed E-state index contributed by atoms with van der Waals surface area (Å²) in [7, 11) is 0. The lowest BCUT2D eigenvalue weighted by Crippen LogP contribution is -1.85. The van der Waals surface area contributed by atoms with Gasteiger partial charge in [-0.3, -0.25) is 0 Å². The molecule has 0 fully saturated rings. The third-order valence-electron chi connectivity index (χ3n) is 4.39. The minimum Gasteiger partial charge on any atom is -0.469 e. The van der Waals surface area contributed by atoms with E-state index in [-0.39, 0.29) is 0 Å². The number of rotatable bonds is 0. The van der Waals surface area contributed by atoms with Crippen LogP contribution in [-0.2, 0) is 0 Å². The molecule has 0 aliphatic heterocycles. The second-order valence-electron chi connectivity index (χ2n) is 6.43. The predicted molar refractivity (Wildman–Crippen MR) is 143 cm³/mol. The van der Waals surface area contributed by atoms with Crippen molar-refractivity contribution >= 4 is 111 Å². The zero-order valence-electron chi connectivity index (χ0n) is 17.9. The fourth-order valence-corrected chi connectivity index (χ4v) is 3.58. The van der Waals surface area contributed by atoms with E-state index in [1.165, 1.54) is 43.1 Å². The van der Waals surface area contributed by atoms with Gasteiger partial charge in [-0.2, -0.15) is 0 Å². The lowest BCUT2D eigenvalue weighted by molar-refractivity contribution is 0.219. The number of carbonyl (C=O) groups is 4. The van der Waals surface area contributed by atoms with Crippen LogP contribution in [0.3, 0.4) is 0 Å². The summed E-state index contributed by atoms with van der Waals surface area (Å²) < 4.78 is 0. The predicted octanol–water partition coefficient (Wildman–Crippen LogP) is 9.35. The third kappa shape index (κ3) is 9.59. The summed E-state index contributed by atoms with van der Waals surface area (Å²) >= 11 is 16.8. The molecule has 0 bridgehead atoms. The Labute approximate surface area is 223 Å². The van der Waals surface area contributed by atoms with E-state index in [0.717, 1.165) is 0 Å². The molecule has 0 heterocycles. The van der Waals surface area contributed by atoms with Gasteiger partial charge in [0, 0.05) is 46.4 Å². The fourth-order valence-electron chi connectivity index (χ4n) is 3.58. The van der Waals surface area contributed by atoms with Crippen LogP contribution in [0.1, 0.15) is 0 Å². The Morgan fingerprint density at radius 1 is 0.417 bits per heavy atom. The van der Waals surface area contributed by atoms with E-state index in [0.29, 0.717) is 0 Å². The van der Waals surface area contributed by atoms with E-state index >= 15 is 0 Å². The van der Waals surface area contributed by atoms with Gasteiger partial charge in [0.2, 0.25) is 0 Å². The van der Waals surface area contributed by atoms with Crippen LogP contribution in [-0.4, -0.2) is 42.1 Å². The lowest BCUT2D eigenvalue weighted by atomic mass is 9.90. The Balaban J connectivity index is 0.000000337. The van der Waals surface area contributed by atoms with Crippen LogP contribution in [0.25, 0.3) is 43.1 Å². The smallest absolute Gasteiger partial charge is 0.401 e. The summed E-state index contributed by atoms with van der Waals surface area (Å²) in [6, 6.07) is 26.4. The summed E-state index contributed by atoms with van der Waals surface area (Å²) in [6.45, 7) is 0. The lowest BCUT2D eigenvalue weighted by Gasteiger charge is -2.13. The Bertz CT molecular complexity index is 1270. The average Bonchev–Trinajstić information content (AvgIpc) is 2.76. The summed E-state index contributed by atoms with van der Waals surface area (Å²) in [4.78, 5) is 35.1. The highest BCUT2D eigenvalue weighted by molar-refractivity contribution is 6.61. The van der Waals surface area contributed by atoms with Crippen molar-refractivity contribution in [2.45, 2.75) is 0 Å². The van der Waals surface area contributed by atoms with Crippen molar-refractivity contribution in [3.05, 3.63) is 72.8 Å². The van der Waals surface area contributed by atoms with Crippen molar-refractivity contribution in [1.82, 2.24) is 0 Å². The Morgan fingerprint density at radius 3 is 0.750 bits per heavy atom. The number of hydrogen-bond donors (Lipinski definition) is 4. The van der Waals surface area contributed by atoms with Crippen molar-refractivity contribution in [3.63, 3.8) is 0 Å². The maximum absolute atomic E-state index is 8.77. The van der Waals surface area contributed by atoms with E-state index in [2.05, 4.69) is 119 Å². The Morgan fingerprint density at radius 2 is 0.583 bits per heavy atom. The van der Waals surface area contributed by atoms with Crippen molar-refractivity contribution < 1.29 is 39.6 Å². The molecule has 0 saturated heterocycles. The van der Waals surface area contributed by atoms with Gasteiger partial charge in [0.25, 0.3) is 0 Å². The molecule has 36 heavy (non-hydrogen) atoms. The highest BCUT2D eigenvalue weighted by Gasteiger charge is 2.11. The first-order valence-corrected chi connectivity index (χ1v) is 11.0. The molecule has 0 radical (unpaired) electrons. The van der Waals surface area contributed by atoms with Gasteiger partial charge >= 0.3 is 21.7 Å². The van der Waals surface area contributed by atoms with Crippen LogP contribution in [0, 0.1) is 0 Å². The zero-order chi connectivity index (χ0) is 27.4. The molecule has 0 saturated carbocycles. The summed E-state index contributed by atoms with van der Waals surface area (Å²) in [5.41, 5.74) is -5.44. The molecule has 5 rings (SSSR count). The minimum atomic E-state index is -1.36. The first-order valence-electron chi connectivity index (χ1n) is 9.44. The van der Waals surface area contributed by atoms with Crippen LogP contribution in [0.4, 0.5) is 19.2 Å². The molecule has 0 aromatic heterocycles. The van der Waals surface area contributed by atoms with Crippen LogP contribution in [0.15, 0.2) is 72.8 Å². The maximum Gasteiger partial charge on any atom is 0.401 e. The average molecular weight is 574 g/mol. The van der Waals surface area contributed by atoms with Crippen molar-refractivity contribution in [2.75, 3.05) is 0 Å². The molecule has 0 aliphatic rings. The first kappa shape index (κ1) is 30.5. The number of fused-ring (bicyclic) bond motifs is 2. The van der Waals surface area contributed by atoms with Crippen molar-refractivity contribution in [3.8, 4) is 0 Å². The zero-order valence-corrected chi connectivity index (χ0v) is 20.9. The molecule has 8 nitrogen and oxygen atoms in total. The number of hydrogen-bond acceptors (Lipinski definition) is 4. The Hall–Kier alpha value is -3.56. The van der Waals surface area contributed by atoms with Gasteiger partial charge in [0.1, 0.15) is 0 Å². The molecule has 12 heteroatoms. The van der Waals surface area contributed by atoms with Gasteiger partial charge in [-0.05, 0) is 43.1 Å². The minimum absolute atomic E-state index is 1.33. The van der Waals surface area contributed by atoms with E-state index in [1.807, 2.05) is 0 Å². The van der Waals surface area contributed by atoms with Crippen LogP contribution in [0.2, 0.25) is 0 Å². The SMILES string of the molecule is O=C(O)Cl.O=C(O)Cl.O=C(O)Cl.O=C(O)Cl.c1cc2cccc3c4cccc5cccc(c(c1)c23)c54. The molecule has 0 aliphatic carbocycles. The molecular weight excluding hydrogens is 558 g/mol. The van der Waals surface area contributed by atoms with Gasteiger partial charge in [0.05, 0.1) is 0 Å². The highest BCUT2D eigenvalue weighted by Crippen LogP contribution is 2.39. The van der Waals surface area contributed by atoms with Gasteiger partial charge < -0.3 is 20.4 Å². The van der Waals surface area contributed by atoms with E-state index < -0.39 is 21.7 Å². The number of carboxylic acid groups (broad SMARTS) is 4. The quantitative estimate of drug-likeness (QED) is 0.0812. The summed E-state index contributed by atoms with van der Waals surface area (Å²) in [6.07, 6.45) is 0. The number of halogens is 4. The van der Waals surface area contributed by atoms with Crippen LogP contribution >= 0.6 is 46.4 Å². The molecular formula is C24H16Cl4O8. The maximum atomic E-state index is 8.77. The topological polar surface area (TPSA) is 149 Å². The van der Waals surface area contributed by atoms with Crippen LogP contribution < -0.4 is 0 Å². The van der Waals surface area contributed by atoms with E-state index in [1.54, 1.807) is 0 Å². The molecule has 0 unspecified atom stereocenters. The van der Waals surface area contributed by atoms with Gasteiger partial charge in [-0.15, -0.1) is 0 Å². The fraction of sp³-hybridized carbons (Fsp3) is 0. The molecule has 4 N–H and O–H groups in total. The second kappa shape index (κ2) is 14.8. The van der Waals surface area contributed by atoms with Crippen molar-refractivity contribution in [1.29, 1.82) is 0 Å². The molecule has 0 spiro atoms. The largest absolute Gasteiger partial charge is 0.469 e. The summed E-state index contributed by atoms with van der Waals surface area (Å²) in [5.74, 6) is 0. The van der Waals surface area contributed by atoms with Crippen molar-refractivity contribution in [2.24, 2.45) is 0 Å². The van der Waals surface area contributed by atoms with Gasteiger partial charge in [0.15, 0.2) is 0 Å². The summed E-state index contributed by atoms with van der Waals surface area (Å²) in [5, 5.41) is 39.6. The molecule has 5 aromatic rings. The molecule has 0 atom stereocenters.